The van der Waals surface area contributed by atoms with Crippen molar-refractivity contribution >= 4 is 0 Å². The van der Waals surface area contributed by atoms with Crippen molar-refractivity contribution in [3.63, 3.8) is 0 Å². The zero-order valence-electron chi connectivity index (χ0n) is 9.08. The molecular formula is C12H19NO2. The molecule has 2 rings (SSSR count). The lowest BCUT2D eigenvalue weighted by atomic mass is 10.3. The molecule has 0 unspecified atom stereocenters. The molecule has 0 spiro atoms. The van der Waals surface area contributed by atoms with Crippen LogP contribution in [0.15, 0.2) is 22.8 Å². The Hall–Kier alpha value is -0.800. The van der Waals surface area contributed by atoms with Gasteiger partial charge in [-0.05, 0) is 44.4 Å². The first-order valence-corrected chi connectivity index (χ1v) is 5.78. The largest absolute Gasteiger partial charge is 0.467 e. The molecule has 1 aromatic rings. The van der Waals surface area contributed by atoms with Gasteiger partial charge in [0.15, 0.2) is 0 Å². The van der Waals surface area contributed by atoms with Gasteiger partial charge in [-0.25, -0.2) is 0 Å². The van der Waals surface area contributed by atoms with Crippen molar-refractivity contribution in [3.05, 3.63) is 24.2 Å². The third kappa shape index (κ3) is 4.49. The molecule has 0 bridgehead atoms. The van der Waals surface area contributed by atoms with Gasteiger partial charge >= 0.3 is 0 Å². The lowest BCUT2D eigenvalue weighted by molar-refractivity contribution is 0.103. The van der Waals surface area contributed by atoms with Crippen molar-refractivity contribution in [2.75, 3.05) is 13.2 Å². The quantitative estimate of drug-likeness (QED) is 0.667. The van der Waals surface area contributed by atoms with E-state index >= 15 is 0 Å². The van der Waals surface area contributed by atoms with Crippen molar-refractivity contribution in [1.29, 1.82) is 0 Å². The summed E-state index contributed by atoms with van der Waals surface area (Å²) in [6.07, 6.45) is 6.75. The number of hydrogen-bond acceptors (Lipinski definition) is 3. The van der Waals surface area contributed by atoms with Gasteiger partial charge in [-0.15, -0.1) is 0 Å². The van der Waals surface area contributed by atoms with Crippen LogP contribution >= 0.6 is 0 Å². The van der Waals surface area contributed by atoms with Gasteiger partial charge in [-0.3, -0.25) is 0 Å². The third-order valence-corrected chi connectivity index (χ3v) is 2.55. The molecule has 0 radical (unpaired) electrons. The van der Waals surface area contributed by atoms with E-state index in [2.05, 4.69) is 5.32 Å². The van der Waals surface area contributed by atoms with Gasteiger partial charge in [0.05, 0.1) is 6.26 Å². The van der Waals surface area contributed by atoms with Gasteiger partial charge in [0.25, 0.3) is 0 Å². The van der Waals surface area contributed by atoms with Gasteiger partial charge in [-0.1, -0.05) is 0 Å². The number of hydrogen-bond donors (Lipinski definition) is 1. The Kier molecular flexibility index (Phi) is 4.23. The summed E-state index contributed by atoms with van der Waals surface area (Å²) in [6.45, 7) is 2.56. The van der Waals surface area contributed by atoms with Gasteiger partial charge in [-0.2, -0.15) is 0 Å². The smallest absolute Gasteiger partial charge is 0.129 e. The first kappa shape index (κ1) is 10.7. The zero-order valence-corrected chi connectivity index (χ0v) is 9.08. The predicted octanol–water partition coefficient (Wildman–Crippen LogP) is 2.33. The summed E-state index contributed by atoms with van der Waals surface area (Å²) < 4.78 is 10.6. The molecular weight excluding hydrogens is 190 g/mol. The summed E-state index contributed by atoms with van der Waals surface area (Å²) in [5.41, 5.74) is 0. The second-order valence-electron chi connectivity index (χ2n) is 4.07. The Morgan fingerprint density at radius 2 is 2.33 bits per heavy atom. The molecule has 84 valence electrons. The first-order chi connectivity index (χ1) is 7.45. The summed E-state index contributed by atoms with van der Waals surface area (Å²) in [7, 11) is 0. The molecule has 0 saturated heterocycles. The fourth-order valence-corrected chi connectivity index (χ4v) is 1.49. The van der Waals surface area contributed by atoms with Crippen molar-refractivity contribution in [3.8, 4) is 0 Å². The van der Waals surface area contributed by atoms with Crippen LogP contribution in [0.1, 0.15) is 31.4 Å². The van der Waals surface area contributed by atoms with E-state index in [9.17, 15) is 0 Å². The van der Waals surface area contributed by atoms with Crippen LogP contribution in [0.4, 0.5) is 0 Å². The molecule has 1 heterocycles. The maximum atomic E-state index is 5.48. The number of furan rings is 1. The molecule has 1 aliphatic carbocycles. The van der Waals surface area contributed by atoms with Crippen LogP contribution in [0.3, 0.4) is 0 Å². The van der Waals surface area contributed by atoms with E-state index in [0.717, 1.165) is 31.4 Å². The van der Waals surface area contributed by atoms with E-state index in [1.807, 2.05) is 12.1 Å². The van der Waals surface area contributed by atoms with Gasteiger partial charge in [0, 0.05) is 12.6 Å². The van der Waals surface area contributed by atoms with Crippen LogP contribution in [-0.2, 0) is 11.3 Å². The van der Waals surface area contributed by atoms with Crippen molar-refractivity contribution in [2.24, 2.45) is 0 Å². The van der Waals surface area contributed by atoms with E-state index in [1.54, 1.807) is 6.26 Å². The van der Waals surface area contributed by atoms with Crippen LogP contribution in [0.2, 0.25) is 0 Å². The average Bonchev–Trinajstić information content (AvgIpc) is 2.92. The summed E-state index contributed by atoms with van der Waals surface area (Å²) in [5, 5.41) is 3.49. The molecule has 1 fully saturated rings. The van der Waals surface area contributed by atoms with E-state index in [0.29, 0.717) is 6.61 Å². The van der Waals surface area contributed by atoms with Gasteiger partial charge in [0.2, 0.25) is 0 Å². The predicted molar refractivity (Wildman–Crippen MR) is 58.6 cm³/mol. The molecule has 1 N–H and O–H groups in total. The molecule has 15 heavy (non-hydrogen) atoms. The van der Waals surface area contributed by atoms with Crippen molar-refractivity contribution < 1.29 is 9.15 Å². The highest BCUT2D eigenvalue weighted by atomic mass is 16.5. The highest BCUT2D eigenvalue weighted by Crippen LogP contribution is 2.18. The molecule has 0 aliphatic heterocycles. The van der Waals surface area contributed by atoms with Gasteiger partial charge in [0.1, 0.15) is 12.4 Å². The van der Waals surface area contributed by atoms with Crippen molar-refractivity contribution in [2.45, 2.75) is 38.3 Å². The number of ether oxygens (including phenoxy) is 1. The Labute approximate surface area is 90.8 Å². The standard InChI is InChI=1S/C12H19NO2/c1(7-13-11-5-6-11)2-8-14-10-12-4-3-9-15-12/h3-4,9,11,13H,1-2,5-8,10H2. The fraction of sp³-hybridized carbons (Fsp3) is 0.667. The first-order valence-electron chi connectivity index (χ1n) is 5.78. The third-order valence-electron chi connectivity index (χ3n) is 2.55. The molecule has 1 aliphatic rings. The van der Waals surface area contributed by atoms with Crippen LogP contribution in [0.5, 0.6) is 0 Å². The van der Waals surface area contributed by atoms with Crippen LogP contribution in [-0.4, -0.2) is 19.2 Å². The molecule has 0 amide bonds. The second kappa shape index (κ2) is 5.93. The van der Waals surface area contributed by atoms with Crippen LogP contribution in [0.25, 0.3) is 0 Å². The number of unbranched alkanes of at least 4 members (excludes halogenated alkanes) is 1. The SMILES string of the molecule is c1coc(COCCCCNC2CC2)c1. The van der Waals surface area contributed by atoms with E-state index in [-0.39, 0.29) is 0 Å². The minimum Gasteiger partial charge on any atom is -0.467 e. The average molecular weight is 209 g/mol. The highest BCUT2D eigenvalue weighted by Gasteiger charge is 2.19. The van der Waals surface area contributed by atoms with E-state index in [4.69, 9.17) is 9.15 Å². The topological polar surface area (TPSA) is 34.4 Å². The molecule has 3 nitrogen and oxygen atoms in total. The summed E-state index contributed by atoms with van der Waals surface area (Å²) in [6, 6.07) is 4.65. The Morgan fingerprint density at radius 1 is 1.40 bits per heavy atom. The van der Waals surface area contributed by atoms with Gasteiger partial charge < -0.3 is 14.5 Å². The fourth-order valence-electron chi connectivity index (χ4n) is 1.49. The minimum absolute atomic E-state index is 0.600. The highest BCUT2D eigenvalue weighted by molar-refractivity contribution is 4.95. The molecule has 3 heteroatoms. The second-order valence-corrected chi connectivity index (χ2v) is 4.07. The Morgan fingerprint density at radius 3 is 3.07 bits per heavy atom. The lowest BCUT2D eigenvalue weighted by Gasteiger charge is -2.03. The van der Waals surface area contributed by atoms with E-state index < -0.39 is 0 Å². The minimum atomic E-state index is 0.600. The van der Waals surface area contributed by atoms with Crippen LogP contribution in [0, 0.1) is 0 Å². The Bertz CT molecular complexity index is 255. The maximum Gasteiger partial charge on any atom is 0.129 e. The van der Waals surface area contributed by atoms with Crippen molar-refractivity contribution in [1.82, 2.24) is 5.32 Å². The molecule has 1 aromatic heterocycles. The molecule has 1 saturated carbocycles. The van der Waals surface area contributed by atoms with E-state index in [1.165, 1.54) is 19.3 Å². The van der Waals surface area contributed by atoms with Crippen LogP contribution < -0.4 is 5.32 Å². The summed E-state index contributed by atoms with van der Waals surface area (Å²) in [5.74, 6) is 0.908. The zero-order chi connectivity index (χ0) is 10.3. The molecule has 0 aromatic carbocycles. The summed E-state index contributed by atoms with van der Waals surface area (Å²) in [4.78, 5) is 0. The lowest BCUT2D eigenvalue weighted by Crippen LogP contribution is -2.17. The Balaban J connectivity index is 1.38. The summed E-state index contributed by atoms with van der Waals surface area (Å²) >= 11 is 0. The maximum absolute atomic E-state index is 5.48. The monoisotopic (exact) mass is 209 g/mol. The number of rotatable bonds is 8. The molecule has 0 atom stereocenters. The normalized spacial score (nSPS) is 15.7. The number of nitrogens with one attached hydrogen (secondary N) is 1.